The smallest absolute Gasteiger partial charge is 0.280 e. The Morgan fingerprint density at radius 3 is 2.19 bits per heavy atom. The molecule has 0 aliphatic rings. The van der Waals surface area contributed by atoms with E-state index in [1.54, 1.807) is 18.2 Å². The van der Waals surface area contributed by atoms with Crippen molar-refractivity contribution in [3.63, 3.8) is 0 Å². The predicted octanol–water partition coefficient (Wildman–Crippen LogP) is 4.16. The summed E-state index contributed by atoms with van der Waals surface area (Å²) in [5.41, 5.74) is -0.943. The van der Waals surface area contributed by atoms with Crippen LogP contribution in [-0.2, 0) is 16.2 Å². The molecule has 0 bridgehead atoms. The van der Waals surface area contributed by atoms with E-state index in [2.05, 4.69) is 4.72 Å². The highest BCUT2D eigenvalue weighted by molar-refractivity contribution is 7.92. The summed E-state index contributed by atoms with van der Waals surface area (Å²) < 4.78 is 64.6. The number of nitrogens with one attached hydrogen (secondary N) is 1. The molecule has 0 spiro atoms. The summed E-state index contributed by atoms with van der Waals surface area (Å²) in [6, 6.07) is 10.3. The zero-order valence-electron chi connectivity index (χ0n) is 10.4. The minimum atomic E-state index is -4.73. The van der Waals surface area contributed by atoms with Crippen molar-refractivity contribution in [2.75, 3.05) is 4.72 Å². The Balaban J connectivity index is 2.42. The summed E-state index contributed by atoms with van der Waals surface area (Å²) in [6.07, 6.45) is -4.73. The number of sulfonamides is 1. The second kappa shape index (κ2) is 5.57. The summed E-state index contributed by atoms with van der Waals surface area (Å²) in [7, 11) is -4.12. The largest absolute Gasteiger partial charge is 0.417 e. The van der Waals surface area contributed by atoms with Crippen LogP contribution < -0.4 is 4.72 Å². The molecule has 1 N–H and O–H groups in total. The van der Waals surface area contributed by atoms with Crippen LogP contribution in [0.4, 0.5) is 18.9 Å². The lowest BCUT2D eigenvalue weighted by atomic mass is 10.2. The van der Waals surface area contributed by atoms with Gasteiger partial charge in [-0.2, -0.15) is 13.2 Å². The van der Waals surface area contributed by atoms with Crippen molar-refractivity contribution < 1.29 is 21.6 Å². The molecule has 0 heterocycles. The van der Waals surface area contributed by atoms with Gasteiger partial charge in [0.15, 0.2) is 0 Å². The van der Waals surface area contributed by atoms with Gasteiger partial charge in [-0.1, -0.05) is 29.8 Å². The van der Waals surface area contributed by atoms with Crippen LogP contribution in [0.5, 0.6) is 0 Å². The quantitative estimate of drug-likeness (QED) is 0.915. The summed E-state index contributed by atoms with van der Waals surface area (Å²) in [5, 5.41) is -0.554. The molecule has 2 rings (SSSR count). The molecular formula is C13H9ClF3NO2S. The highest BCUT2D eigenvalue weighted by Crippen LogP contribution is 2.36. The van der Waals surface area contributed by atoms with Gasteiger partial charge in [-0.15, -0.1) is 0 Å². The van der Waals surface area contributed by atoms with Crippen molar-refractivity contribution in [1.82, 2.24) is 0 Å². The van der Waals surface area contributed by atoms with Gasteiger partial charge in [0.05, 0.1) is 15.5 Å². The fourth-order valence-electron chi connectivity index (χ4n) is 1.61. The number of benzene rings is 2. The molecule has 0 aliphatic carbocycles. The maximum atomic E-state index is 12.7. The molecule has 0 fully saturated rings. The van der Waals surface area contributed by atoms with Crippen LogP contribution in [0.1, 0.15) is 5.56 Å². The topological polar surface area (TPSA) is 46.2 Å². The third-order valence-electron chi connectivity index (χ3n) is 2.58. The van der Waals surface area contributed by atoms with Gasteiger partial charge in [-0.3, -0.25) is 4.72 Å². The van der Waals surface area contributed by atoms with Crippen molar-refractivity contribution in [1.29, 1.82) is 0 Å². The van der Waals surface area contributed by atoms with Crippen molar-refractivity contribution in [2.45, 2.75) is 11.1 Å². The second-order valence-corrected chi connectivity index (χ2v) is 6.20. The van der Waals surface area contributed by atoms with Crippen LogP contribution in [0, 0.1) is 0 Å². The number of hydrogen-bond donors (Lipinski definition) is 1. The van der Waals surface area contributed by atoms with Gasteiger partial charge in [-0.05, 0) is 30.3 Å². The molecule has 3 nitrogen and oxygen atoms in total. The summed E-state index contributed by atoms with van der Waals surface area (Å²) in [5.74, 6) is 0. The van der Waals surface area contributed by atoms with Crippen LogP contribution in [0.25, 0.3) is 0 Å². The maximum absolute atomic E-state index is 12.7. The first-order valence-electron chi connectivity index (χ1n) is 5.65. The van der Waals surface area contributed by atoms with Gasteiger partial charge < -0.3 is 0 Å². The van der Waals surface area contributed by atoms with E-state index in [4.69, 9.17) is 11.6 Å². The number of hydrogen-bond acceptors (Lipinski definition) is 2. The summed E-state index contributed by atoms with van der Waals surface area (Å²) >= 11 is 5.46. The van der Waals surface area contributed by atoms with E-state index in [-0.39, 0.29) is 5.69 Å². The summed E-state index contributed by atoms with van der Waals surface area (Å²) in [4.78, 5) is -0.511. The first-order chi connectivity index (χ1) is 9.70. The Hall–Kier alpha value is -1.73. The maximum Gasteiger partial charge on any atom is 0.417 e. The van der Waals surface area contributed by atoms with Crippen LogP contribution in [0.15, 0.2) is 53.4 Å². The minimum Gasteiger partial charge on any atom is -0.280 e. The number of alkyl halides is 3. The standard InChI is InChI=1S/C13H9ClF3NO2S/c14-12-7-6-10(8-11(12)13(15,16)17)21(19,20)18-9-4-2-1-3-5-9/h1-8,18H. The second-order valence-electron chi connectivity index (χ2n) is 4.11. The molecule has 0 radical (unpaired) electrons. The molecule has 2 aromatic carbocycles. The fraction of sp³-hybridized carbons (Fsp3) is 0.0769. The first-order valence-corrected chi connectivity index (χ1v) is 7.51. The van der Waals surface area contributed by atoms with Gasteiger partial charge >= 0.3 is 6.18 Å². The van der Waals surface area contributed by atoms with E-state index < -0.39 is 31.7 Å². The van der Waals surface area contributed by atoms with Gasteiger partial charge in [0.2, 0.25) is 0 Å². The molecule has 2 aromatic rings. The molecule has 0 unspecified atom stereocenters. The van der Waals surface area contributed by atoms with Crippen LogP contribution in [0.2, 0.25) is 5.02 Å². The average Bonchev–Trinajstić information content (AvgIpc) is 2.38. The van der Waals surface area contributed by atoms with Crippen LogP contribution in [-0.4, -0.2) is 8.42 Å². The van der Waals surface area contributed by atoms with Crippen molar-refractivity contribution in [3.05, 3.63) is 59.1 Å². The molecule has 0 aromatic heterocycles. The molecule has 0 atom stereocenters. The highest BCUT2D eigenvalue weighted by atomic mass is 35.5. The van der Waals surface area contributed by atoms with E-state index in [9.17, 15) is 21.6 Å². The molecule has 0 saturated heterocycles. The van der Waals surface area contributed by atoms with Gasteiger partial charge in [-0.25, -0.2) is 8.42 Å². The normalized spacial score (nSPS) is 12.2. The Bertz CT molecular complexity index is 746. The van der Waals surface area contributed by atoms with Crippen LogP contribution >= 0.6 is 11.6 Å². The highest BCUT2D eigenvalue weighted by Gasteiger charge is 2.34. The zero-order valence-corrected chi connectivity index (χ0v) is 11.9. The number of rotatable bonds is 3. The molecule has 0 aliphatic heterocycles. The lowest BCUT2D eigenvalue weighted by Gasteiger charge is -2.12. The van der Waals surface area contributed by atoms with Gasteiger partial charge in [0, 0.05) is 5.69 Å². The molecule has 0 amide bonds. The Morgan fingerprint density at radius 1 is 1.00 bits per heavy atom. The van der Waals surface area contributed by atoms with Crippen molar-refractivity contribution in [2.24, 2.45) is 0 Å². The molecular weight excluding hydrogens is 327 g/mol. The van der Waals surface area contributed by atoms with Crippen molar-refractivity contribution in [3.8, 4) is 0 Å². The van der Waals surface area contributed by atoms with E-state index in [0.29, 0.717) is 6.07 Å². The molecule has 8 heteroatoms. The number of halogens is 4. The average molecular weight is 336 g/mol. The van der Waals surface area contributed by atoms with E-state index in [1.807, 2.05) is 0 Å². The van der Waals surface area contributed by atoms with Gasteiger partial charge in [0.1, 0.15) is 0 Å². The van der Waals surface area contributed by atoms with Gasteiger partial charge in [0.25, 0.3) is 10.0 Å². The molecule has 21 heavy (non-hydrogen) atoms. The Morgan fingerprint density at radius 2 is 1.62 bits per heavy atom. The summed E-state index contributed by atoms with van der Waals surface area (Å²) in [6.45, 7) is 0. The van der Waals surface area contributed by atoms with E-state index in [0.717, 1.165) is 12.1 Å². The Labute approximate surface area is 124 Å². The van der Waals surface area contributed by atoms with E-state index >= 15 is 0 Å². The SMILES string of the molecule is O=S(=O)(Nc1ccccc1)c1ccc(Cl)c(C(F)(F)F)c1. The Kier molecular flexibility index (Phi) is 4.15. The third kappa shape index (κ3) is 3.68. The predicted molar refractivity (Wildman–Crippen MR) is 73.7 cm³/mol. The van der Waals surface area contributed by atoms with E-state index in [1.165, 1.54) is 12.1 Å². The van der Waals surface area contributed by atoms with Crippen molar-refractivity contribution >= 4 is 27.3 Å². The monoisotopic (exact) mass is 335 g/mol. The number of anilines is 1. The third-order valence-corrected chi connectivity index (χ3v) is 4.29. The lowest BCUT2D eigenvalue weighted by molar-refractivity contribution is -0.137. The minimum absolute atomic E-state index is 0.251. The fourth-order valence-corrected chi connectivity index (χ4v) is 2.92. The number of para-hydroxylation sites is 1. The molecule has 112 valence electrons. The lowest BCUT2D eigenvalue weighted by Crippen LogP contribution is -2.15. The first kappa shape index (κ1) is 15.7. The molecule has 0 saturated carbocycles. The van der Waals surface area contributed by atoms with Crippen LogP contribution in [0.3, 0.4) is 0 Å². The zero-order chi connectivity index (χ0) is 15.7.